The second kappa shape index (κ2) is 9.46. The molecule has 2 aromatic heterocycles. The number of carbonyl (C=O) groups excluding carboxylic acids is 1. The van der Waals surface area contributed by atoms with Crippen LogP contribution in [-0.2, 0) is 10.5 Å². The average Bonchev–Trinajstić information content (AvgIpc) is 3.37. The van der Waals surface area contributed by atoms with Crippen molar-refractivity contribution >= 4 is 45.8 Å². The molecule has 2 fully saturated rings. The maximum atomic E-state index is 12.4. The van der Waals surface area contributed by atoms with Crippen molar-refractivity contribution in [3.63, 3.8) is 0 Å². The topological polar surface area (TPSA) is 67.2 Å². The van der Waals surface area contributed by atoms with Crippen molar-refractivity contribution in [3.05, 3.63) is 40.9 Å². The van der Waals surface area contributed by atoms with Gasteiger partial charge in [0.2, 0.25) is 11.9 Å². The molecular formula is C24H30N6OS2. The molecule has 9 heteroatoms. The van der Waals surface area contributed by atoms with E-state index in [1.807, 2.05) is 36.6 Å². The van der Waals surface area contributed by atoms with Gasteiger partial charge in [0.15, 0.2) is 10.3 Å². The highest BCUT2D eigenvalue weighted by atomic mass is 32.2. The molecular weight excluding hydrogens is 452 g/mol. The number of thioether (sulfide) groups is 1. The van der Waals surface area contributed by atoms with Crippen LogP contribution in [0.15, 0.2) is 34.8 Å². The van der Waals surface area contributed by atoms with Crippen LogP contribution in [-0.4, -0.2) is 38.7 Å². The molecule has 1 aromatic carbocycles. The van der Waals surface area contributed by atoms with Crippen molar-refractivity contribution in [1.29, 1.82) is 0 Å². The van der Waals surface area contributed by atoms with Crippen LogP contribution in [0.4, 0.5) is 16.8 Å². The van der Waals surface area contributed by atoms with Crippen LogP contribution < -0.4 is 9.80 Å². The molecule has 0 radical (unpaired) electrons. The van der Waals surface area contributed by atoms with Crippen LogP contribution in [0.3, 0.4) is 0 Å². The number of hydrogen-bond acceptors (Lipinski definition) is 7. The van der Waals surface area contributed by atoms with Gasteiger partial charge < -0.3 is 4.90 Å². The summed E-state index contributed by atoms with van der Waals surface area (Å²) in [5.41, 5.74) is 2.92. The van der Waals surface area contributed by atoms with Gasteiger partial charge in [-0.2, -0.15) is 0 Å². The standard InChI is InChI=1S/C24H30N6OS2/c1-16-9-11-28(12-10-16)22-26-27-24(30(22)20-7-8-20)33-15-19-14-32-23(25-19)29(18(3)31)21-6-4-5-17(2)13-21/h4-6,13-14,16,20H,7-12,15H2,1-3H3. The molecule has 3 heterocycles. The van der Waals surface area contributed by atoms with E-state index in [-0.39, 0.29) is 5.91 Å². The Kier molecular flexibility index (Phi) is 6.42. The van der Waals surface area contributed by atoms with E-state index in [1.54, 1.807) is 23.6 Å². The van der Waals surface area contributed by atoms with Gasteiger partial charge >= 0.3 is 0 Å². The third-order valence-corrected chi connectivity index (χ3v) is 8.13. The van der Waals surface area contributed by atoms with E-state index >= 15 is 0 Å². The van der Waals surface area contributed by atoms with E-state index in [4.69, 9.17) is 4.98 Å². The summed E-state index contributed by atoms with van der Waals surface area (Å²) in [6, 6.07) is 8.48. The van der Waals surface area contributed by atoms with E-state index in [9.17, 15) is 4.79 Å². The maximum absolute atomic E-state index is 12.4. The number of anilines is 3. The van der Waals surface area contributed by atoms with Gasteiger partial charge in [-0.25, -0.2) is 4.98 Å². The Morgan fingerprint density at radius 1 is 1.21 bits per heavy atom. The van der Waals surface area contributed by atoms with Crippen molar-refractivity contribution in [3.8, 4) is 0 Å². The molecule has 174 valence electrons. The molecule has 1 amide bonds. The molecule has 0 N–H and O–H groups in total. The first-order valence-electron chi connectivity index (χ1n) is 11.6. The number of amides is 1. The molecule has 3 aromatic rings. The number of piperidine rings is 1. The van der Waals surface area contributed by atoms with Crippen LogP contribution >= 0.6 is 23.1 Å². The maximum Gasteiger partial charge on any atom is 0.230 e. The Morgan fingerprint density at radius 3 is 2.70 bits per heavy atom. The Morgan fingerprint density at radius 2 is 2.00 bits per heavy atom. The summed E-state index contributed by atoms with van der Waals surface area (Å²) in [6.45, 7) is 8.07. The predicted octanol–water partition coefficient (Wildman–Crippen LogP) is 5.59. The van der Waals surface area contributed by atoms with Gasteiger partial charge in [0.05, 0.1) is 11.4 Å². The molecule has 1 aliphatic heterocycles. The minimum Gasteiger partial charge on any atom is -0.341 e. The summed E-state index contributed by atoms with van der Waals surface area (Å²) in [5.74, 6) is 2.50. The largest absolute Gasteiger partial charge is 0.341 e. The number of nitrogens with zero attached hydrogens (tertiary/aromatic N) is 6. The Labute approximate surface area is 203 Å². The molecule has 0 spiro atoms. The first-order valence-corrected chi connectivity index (χ1v) is 13.5. The van der Waals surface area contributed by atoms with E-state index < -0.39 is 0 Å². The second-order valence-electron chi connectivity index (χ2n) is 9.16. The Bertz CT molecular complexity index is 1130. The highest BCUT2D eigenvalue weighted by molar-refractivity contribution is 7.98. The molecule has 7 nitrogen and oxygen atoms in total. The highest BCUT2D eigenvalue weighted by Crippen LogP contribution is 2.42. The summed E-state index contributed by atoms with van der Waals surface area (Å²) in [7, 11) is 0. The molecule has 0 bridgehead atoms. The van der Waals surface area contributed by atoms with Crippen LogP contribution in [0.5, 0.6) is 0 Å². The monoisotopic (exact) mass is 482 g/mol. The third kappa shape index (κ3) is 4.94. The zero-order chi connectivity index (χ0) is 22.9. The Hall–Kier alpha value is -2.39. The van der Waals surface area contributed by atoms with Gasteiger partial charge in [-0.15, -0.1) is 21.5 Å². The number of hydrogen-bond donors (Lipinski definition) is 0. The molecule has 33 heavy (non-hydrogen) atoms. The van der Waals surface area contributed by atoms with Gasteiger partial charge in [0, 0.05) is 37.2 Å². The number of rotatable bonds is 7. The lowest BCUT2D eigenvalue weighted by atomic mass is 10.00. The quantitative estimate of drug-likeness (QED) is 0.409. The number of carbonyl (C=O) groups is 1. The molecule has 1 saturated heterocycles. The lowest BCUT2D eigenvalue weighted by Gasteiger charge is -2.31. The van der Waals surface area contributed by atoms with Gasteiger partial charge in [0.1, 0.15) is 0 Å². The van der Waals surface area contributed by atoms with E-state index in [2.05, 4.69) is 26.6 Å². The second-order valence-corrected chi connectivity index (χ2v) is 10.9. The summed E-state index contributed by atoms with van der Waals surface area (Å²) in [6.07, 6.45) is 4.84. The zero-order valence-corrected chi connectivity index (χ0v) is 21.0. The van der Waals surface area contributed by atoms with Gasteiger partial charge in [0.25, 0.3) is 0 Å². The lowest BCUT2D eigenvalue weighted by molar-refractivity contribution is -0.115. The van der Waals surface area contributed by atoms with Crippen LogP contribution in [0, 0.1) is 12.8 Å². The molecule has 0 atom stereocenters. The molecule has 1 aliphatic carbocycles. The molecule has 5 rings (SSSR count). The number of thiazole rings is 1. The first-order chi connectivity index (χ1) is 16.0. The van der Waals surface area contributed by atoms with Crippen molar-refractivity contribution in [2.45, 2.75) is 63.4 Å². The minimum atomic E-state index is -0.0388. The summed E-state index contributed by atoms with van der Waals surface area (Å²) < 4.78 is 2.35. The Balaban J connectivity index is 1.31. The van der Waals surface area contributed by atoms with Crippen molar-refractivity contribution < 1.29 is 4.79 Å². The van der Waals surface area contributed by atoms with E-state index in [0.29, 0.717) is 16.9 Å². The fraction of sp³-hybridized carbons (Fsp3) is 0.500. The summed E-state index contributed by atoms with van der Waals surface area (Å²) in [5, 5.41) is 12.9. The number of aryl methyl sites for hydroxylation is 1. The number of benzene rings is 1. The van der Waals surface area contributed by atoms with Crippen LogP contribution in [0.2, 0.25) is 0 Å². The summed E-state index contributed by atoms with van der Waals surface area (Å²) >= 11 is 3.19. The van der Waals surface area contributed by atoms with Crippen molar-refractivity contribution in [2.75, 3.05) is 22.9 Å². The molecule has 0 unspecified atom stereocenters. The molecule has 1 saturated carbocycles. The predicted molar refractivity (Wildman–Crippen MR) is 135 cm³/mol. The SMILES string of the molecule is CC(=O)N(c1cccc(C)c1)c1nc(CSc2nnc(N3CCC(C)CC3)n2C2CC2)cs1. The smallest absolute Gasteiger partial charge is 0.230 e. The van der Waals surface area contributed by atoms with E-state index in [0.717, 1.165) is 47.1 Å². The molecule has 2 aliphatic rings. The van der Waals surface area contributed by atoms with E-state index in [1.165, 1.54) is 37.0 Å². The van der Waals surface area contributed by atoms with Crippen molar-refractivity contribution in [2.24, 2.45) is 5.92 Å². The van der Waals surface area contributed by atoms with Crippen LogP contribution in [0.1, 0.15) is 56.8 Å². The fourth-order valence-corrected chi connectivity index (χ4v) is 6.13. The highest BCUT2D eigenvalue weighted by Gasteiger charge is 2.32. The fourth-order valence-electron chi connectivity index (χ4n) is 4.24. The zero-order valence-electron chi connectivity index (χ0n) is 19.4. The minimum absolute atomic E-state index is 0.0388. The van der Waals surface area contributed by atoms with Gasteiger partial charge in [-0.05, 0) is 56.2 Å². The normalized spacial score (nSPS) is 16.9. The average molecular weight is 483 g/mol. The van der Waals surface area contributed by atoms with Crippen LogP contribution in [0.25, 0.3) is 0 Å². The third-order valence-electron chi connectivity index (χ3n) is 6.28. The van der Waals surface area contributed by atoms with Crippen molar-refractivity contribution in [1.82, 2.24) is 19.7 Å². The summed E-state index contributed by atoms with van der Waals surface area (Å²) in [4.78, 5) is 21.3. The first kappa shape index (κ1) is 22.4. The van der Waals surface area contributed by atoms with Gasteiger partial charge in [-0.1, -0.05) is 30.8 Å². The van der Waals surface area contributed by atoms with Gasteiger partial charge in [-0.3, -0.25) is 14.3 Å². The lowest BCUT2D eigenvalue weighted by Crippen LogP contribution is -2.34. The number of aromatic nitrogens is 4.